The number of hydrogen-bond donors (Lipinski definition) is 0. The third kappa shape index (κ3) is 5.13. The number of nitriles is 2. The number of aromatic nitrogens is 6. The van der Waals surface area contributed by atoms with E-state index in [2.05, 4.69) is 95.8 Å². The van der Waals surface area contributed by atoms with Crippen LogP contribution in [0, 0.1) is 29.6 Å². The highest BCUT2D eigenvalue weighted by atomic mass is 15.0. The van der Waals surface area contributed by atoms with E-state index in [1.807, 2.05) is 79.7 Å². The number of benzene rings is 6. The molecule has 4 aromatic heterocycles. The van der Waals surface area contributed by atoms with Crippen LogP contribution in [0.2, 0.25) is 0 Å². The monoisotopic (exact) mass is 704 g/mol. The zero-order valence-electron chi connectivity index (χ0n) is 29.5. The molecule has 4 heterocycles. The summed E-state index contributed by atoms with van der Waals surface area (Å²) in [6.07, 6.45) is 7.00. The molecule has 10 aromatic rings. The van der Waals surface area contributed by atoms with Crippen molar-refractivity contribution in [3.8, 4) is 57.4 Å². The number of para-hydroxylation sites is 2. The van der Waals surface area contributed by atoms with Gasteiger partial charge in [0.15, 0.2) is 11.6 Å². The molecule has 0 atom stereocenters. The predicted molar refractivity (Wildman–Crippen MR) is 217 cm³/mol. The van der Waals surface area contributed by atoms with Gasteiger partial charge in [0.05, 0.1) is 56.7 Å². The number of fused-ring (bicyclic) bond motifs is 6. The summed E-state index contributed by atoms with van der Waals surface area (Å²) in [5.41, 5.74) is 11.1. The van der Waals surface area contributed by atoms with E-state index in [0.29, 0.717) is 22.8 Å². The minimum absolute atomic E-state index is 0.502. The van der Waals surface area contributed by atoms with Gasteiger partial charge >= 0.3 is 0 Å². The van der Waals surface area contributed by atoms with Gasteiger partial charge in [-0.1, -0.05) is 42.5 Å². The zero-order chi connectivity index (χ0) is 37.0. The van der Waals surface area contributed by atoms with Gasteiger partial charge < -0.3 is 9.13 Å². The summed E-state index contributed by atoms with van der Waals surface area (Å²) in [5, 5.41) is 25.1. The minimum Gasteiger partial charge on any atom is -0.308 e. The molecule has 0 aliphatic heterocycles. The number of nitrogens with zero attached hydrogens (tertiary/aromatic N) is 8. The Morgan fingerprint density at radius 1 is 0.436 bits per heavy atom. The number of aryl methyl sites for hydroxylation is 1. The van der Waals surface area contributed by atoms with Crippen molar-refractivity contribution in [2.45, 2.75) is 6.92 Å². The van der Waals surface area contributed by atoms with E-state index in [-0.39, 0.29) is 0 Å². The molecule has 0 spiro atoms. The average Bonchev–Trinajstić information content (AvgIpc) is 3.75. The van der Waals surface area contributed by atoms with E-state index < -0.39 is 0 Å². The predicted octanol–water partition coefficient (Wildman–Crippen LogP) is 10.5. The van der Waals surface area contributed by atoms with Gasteiger partial charge in [0, 0.05) is 63.0 Å². The molecule has 8 nitrogen and oxygen atoms in total. The summed E-state index contributed by atoms with van der Waals surface area (Å²) in [4.78, 5) is 18.1. The van der Waals surface area contributed by atoms with E-state index in [1.54, 1.807) is 24.8 Å². The van der Waals surface area contributed by atoms with Crippen molar-refractivity contribution in [2.24, 2.45) is 0 Å². The van der Waals surface area contributed by atoms with E-state index >= 15 is 0 Å². The summed E-state index contributed by atoms with van der Waals surface area (Å²) in [5.74, 6) is 1.29. The fraction of sp³-hybridized carbons (Fsp3) is 0.0213. The fourth-order valence-corrected chi connectivity index (χ4v) is 7.96. The molecular weight excluding hydrogens is 677 g/mol. The molecule has 0 N–H and O–H groups in total. The van der Waals surface area contributed by atoms with Gasteiger partial charge in [0.1, 0.15) is 0 Å². The van der Waals surface area contributed by atoms with Crippen molar-refractivity contribution >= 4 is 43.6 Å². The lowest BCUT2D eigenvalue weighted by molar-refractivity contribution is 1.13. The first-order valence-corrected chi connectivity index (χ1v) is 17.8. The van der Waals surface area contributed by atoms with Crippen molar-refractivity contribution in [3.63, 3.8) is 0 Å². The van der Waals surface area contributed by atoms with Crippen LogP contribution < -0.4 is 0 Å². The fourth-order valence-electron chi connectivity index (χ4n) is 7.96. The lowest BCUT2D eigenvalue weighted by Crippen LogP contribution is -2.05. The standard InChI is InChI=1S/C47H28N8/c1-29-20-30(27-48)22-34(21-29)45-43(54-39-10-4-2-8-35(39)37-25-32(12-14-41(37)54)46-50-16-6-17-51-46)23-31(28-49)24-44(45)55-40-11-5-3-9-36(40)38-26-33(13-15-42(38)55)47-52-18-7-19-53-47/h2-26H,1H3. The Labute approximate surface area is 315 Å². The van der Waals surface area contributed by atoms with Gasteiger partial charge in [-0.3, -0.25) is 0 Å². The smallest absolute Gasteiger partial charge is 0.159 e. The molecule has 6 aromatic carbocycles. The number of rotatable bonds is 5. The highest BCUT2D eigenvalue weighted by Gasteiger charge is 2.24. The Morgan fingerprint density at radius 2 is 0.891 bits per heavy atom. The van der Waals surface area contributed by atoms with Crippen molar-refractivity contribution in [3.05, 3.63) is 169 Å². The molecular formula is C47H28N8. The molecule has 0 bridgehead atoms. The van der Waals surface area contributed by atoms with Crippen molar-refractivity contribution in [1.82, 2.24) is 29.1 Å². The molecule has 0 fully saturated rings. The molecule has 0 radical (unpaired) electrons. The Morgan fingerprint density at radius 3 is 1.38 bits per heavy atom. The maximum absolute atomic E-state index is 10.7. The van der Waals surface area contributed by atoms with Crippen molar-refractivity contribution in [1.29, 1.82) is 10.5 Å². The number of hydrogen-bond acceptors (Lipinski definition) is 6. The SMILES string of the molecule is Cc1cc(C#N)cc(-c2c(-n3c4ccccc4c4cc(-c5ncccn5)ccc43)cc(C#N)cc2-n2c3ccccc3c3cc(-c4ncccn4)ccc32)c1. The second-order valence-electron chi connectivity index (χ2n) is 13.5. The van der Waals surface area contributed by atoms with Crippen LogP contribution in [0.15, 0.2) is 152 Å². The molecule has 55 heavy (non-hydrogen) atoms. The molecule has 8 heteroatoms. The average molecular weight is 705 g/mol. The van der Waals surface area contributed by atoms with Crippen LogP contribution in [0.5, 0.6) is 0 Å². The molecule has 0 aliphatic carbocycles. The lowest BCUT2D eigenvalue weighted by Gasteiger charge is -2.21. The van der Waals surface area contributed by atoms with Gasteiger partial charge in [-0.2, -0.15) is 10.5 Å². The second kappa shape index (κ2) is 12.6. The van der Waals surface area contributed by atoms with Gasteiger partial charge in [-0.25, -0.2) is 19.9 Å². The van der Waals surface area contributed by atoms with Crippen LogP contribution in [0.1, 0.15) is 16.7 Å². The molecule has 0 unspecified atom stereocenters. The highest BCUT2D eigenvalue weighted by molar-refractivity contribution is 6.13. The Bertz CT molecular complexity index is 3060. The van der Waals surface area contributed by atoms with Gasteiger partial charge in [-0.15, -0.1) is 0 Å². The van der Waals surface area contributed by atoms with E-state index in [4.69, 9.17) is 0 Å². The summed E-state index contributed by atoms with van der Waals surface area (Å²) >= 11 is 0. The highest BCUT2D eigenvalue weighted by Crippen LogP contribution is 2.44. The van der Waals surface area contributed by atoms with Crippen LogP contribution in [-0.2, 0) is 0 Å². The van der Waals surface area contributed by atoms with Gasteiger partial charge in [-0.05, 0) is 103 Å². The second-order valence-corrected chi connectivity index (χ2v) is 13.5. The Kier molecular flexibility index (Phi) is 7.29. The van der Waals surface area contributed by atoms with Crippen LogP contribution >= 0.6 is 0 Å². The maximum Gasteiger partial charge on any atom is 0.159 e. The zero-order valence-corrected chi connectivity index (χ0v) is 29.5. The van der Waals surface area contributed by atoms with E-state index in [9.17, 15) is 10.5 Å². The summed E-state index contributed by atoms with van der Waals surface area (Å²) in [7, 11) is 0. The molecule has 0 aliphatic rings. The Hall–Kier alpha value is -7.94. The minimum atomic E-state index is 0.502. The van der Waals surface area contributed by atoms with Crippen molar-refractivity contribution in [2.75, 3.05) is 0 Å². The van der Waals surface area contributed by atoms with Crippen LogP contribution in [0.25, 0.3) is 88.9 Å². The quantitative estimate of drug-likeness (QED) is 0.176. The molecule has 0 saturated heterocycles. The van der Waals surface area contributed by atoms with Gasteiger partial charge in [0.2, 0.25) is 0 Å². The molecule has 0 amide bonds. The third-order valence-electron chi connectivity index (χ3n) is 10.2. The maximum atomic E-state index is 10.7. The summed E-state index contributed by atoms with van der Waals surface area (Å²) in [6.45, 7) is 2.01. The molecule has 0 saturated carbocycles. The van der Waals surface area contributed by atoms with Gasteiger partial charge in [0.25, 0.3) is 0 Å². The van der Waals surface area contributed by atoms with E-state index in [1.165, 1.54) is 0 Å². The first-order chi connectivity index (χ1) is 27.1. The van der Waals surface area contributed by atoms with Crippen LogP contribution in [0.4, 0.5) is 0 Å². The molecule has 256 valence electrons. The largest absolute Gasteiger partial charge is 0.308 e. The summed E-state index contributed by atoms with van der Waals surface area (Å²) in [6, 6.07) is 47.6. The van der Waals surface area contributed by atoms with Crippen LogP contribution in [0.3, 0.4) is 0 Å². The normalized spacial score (nSPS) is 11.3. The van der Waals surface area contributed by atoms with Crippen LogP contribution in [-0.4, -0.2) is 29.1 Å². The first-order valence-electron chi connectivity index (χ1n) is 17.8. The molecule has 10 rings (SSSR count). The first kappa shape index (κ1) is 31.8. The van der Waals surface area contributed by atoms with E-state index in [0.717, 1.165) is 82.8 Å². The topological polar surface area (TPSA) is 109 Å². The summed E-state index contributed by atoms with van der Waals surface area (Å²) < 4.78 is 4.49. The Balaban J connectivity index is 1.35. The third-order valence-corrected chi connectivity index (χ3v) is 10.2. The van der Waals surface area contributed by atoms with Crippen molar-refractivity contribution < 1.29 is 0 Å². The lowest BCUT2D eigenvalue weighted by atomic mass is 9.95.